The van der Waals surface area contributed by atoms with Gasteiger partial charge in [-0.25, -0.2) is 4.98 Å². The van der Waals surface area contributed by atoms with Crippen molar-refractivity contribution in [3.63, 3.8) is 0 Å². The lowest BCUT2D eigenvalue weighted by atomic mass is 9.91. The van der Waals surface area contributed by atoms with Gasteiger partial charge in [0.1, 0.15) is 5.82 Å². The molecule has 0 amide bonds. The molecule has 0 aliphatic rings. The van der Waals surface area contributed by atoms with Crippen LogP contribution in [0.2, 0.25) is 0 Å². The van der Waals surface area contributed by atoms with Crippen molar-refractivity contribution >= 4 is 0 Å². The van der Waals surface area contributed by atoms with Crippen molar-refractivity contribution in [2.75, 3.05) is 0 Å². The van der Waals surface area contributed by atoms with Gasteiger partial charge in [-0.05, 0) is 43.5 Å². The van der Waals surface area contributed by atoms with Gasteiger partial charge < -0.3 is 4.98 Å². The molecule has 0 spiro atoms. The minimum atomic E-state index is -0.142. The number of aryl methyl sites for hydroxylation is 3. The lowest BCUT2D eigenvalue weighted by molar-refractivity contribution is 0.566. The minimum absolute atomic E-state index is 0.0995. The van der Waals surface area contributed by atoms with E-state index in [-0.39, 0.29) is 11.0 Å². The highest BCUT2D eigenvalue weighted by molar-refractivity contribution is 5.62. The van der Waals surface area contributed by atoms with Crippen LogP contribution in [0.4, 0.5) is 0 Å². The van der Waals surface area contributed by atoms with E-state index >= 15 is 0 Å². The van der Waals surface area contributed by atoms with Gasteiger partial charge >= 0.3 is 0 Å². The van der Waals surface area contributed by atoms with Crippen LogP contribution >= 0.6 is 0 Å². The molecule has 1 heterocycles. The molecule has 1 aromatic heterocycles. The van der Waals surface area contributed by atoms with Crippen LogP contribution in [-0.2, 0) is 5.41 Å². The molecule has 0 radical (unpaired) electrons. The summed E-state index contributed by atoms with van der Waals surface area (Å²) < 4.78 is 0. The molecule has 0 aliphatic heterocycles. The van der Waals surface area contributed by atoms with Gasteiger partial charge in [-0.15, -0.1) is 0 Å². The van der Waals surface area contributed by atoms with Gasteiger partial charge in [0, 0.05) is 17.0 Å². The minimum Gasteiger partial charge on any atom is -0.307 e. The Morgan fingerprint density at radius 1 is 0.950 bits per heavy atom. The monoisotopic (exact) mass is 270 g/mol. The van der Waals surface area contributed by atoms with E-state index in [1.807, 2.05) is 6.92 Å². The maximum Gasteiger partial charge on any atom is 0.251 e. The first kappa shape index (κ1) is 14.5. The summed E-state index contributed by atoms with van der Waals surface area (Å²) in [5.41, 5.74) is 5.15. The second-order valence-electron chi connectivity index (χ2n) is 6.48. The average Bonchev–Trinajstić information content (AvgIpc) is 2.32. The zero-order valence-electron chi connectivity index (χ0n) is 13.1. The largest absolute Gasteiger partial charge is 0.307 e. The lowest BCUT2D eigenvalue weighted by Crippen LogP contribution is -2.20. The molecule has 2 aromatic rings. The average molecular weight is 270 g/mol. The van der Waals surface area contributed by atoms with Crippen LogP contribution < -0.4 is 5.56 Å². The maximum atomic E-state index is 11.9. The number of nitrogens with one attached hydrogen (secondary N) is 1. The highest BCUT2D eigenvalue weighted by Gasteiger charge is 2.18. The van der Waals surface area contributed by atoms with Gasteiger partial charge in [0.05, 0.1) is 5.69 Å². The molecule has 0 saturated heterocycles. The number of H-pyrrole nitrogens is 1. The zero-order chi connectivity index (χ0) is 15.1. The molecule has 0 saturated carbocycles. The van der Waals surface area contributed by atoms with Gasteiger partial charge in [0.15, 0.2) is 0 Å². The number of hydrogen-bond donors (Lipinski definition) is 1. The Labute approximate surface area is 120 Å². The number of nitrogens with zero attached hydrogens (tertiary/aromatic N) is 1. The number of rotatable bonds is 1. The van der Waals surface area contributed by atoms with E-state index in [1.54, 1.807) is 6.07 Å². The van der Waals surface area contributed by atoms with E-state index in [0.717, 1.165) is 16.8 Å². The van der Waals surface area contributed by atoms with Crippen LogP contribution in [0, 0.1) is 20.8 Å². The molecule has 106 valence electrons. The summed E-state index contributed by atoms with van der Waals surface area (Å²) in [6, 6.07) is 5.81. The Kier molecular flexibility index (Phi) is 3.55. The topological polar surface area (TPSA) is 45.8 Å². The molecule has 3 nitrogen and oxygen atoms in total. The predicted octanol–water partition coefficient (Wildman–Crippen LogP) is 3.66. The molecule has 0 fully saturated rings. The fraction of sp³-hybridized carbons (Fsp3) is 0.412. The number of aromatic amines is 1. The first-order valence-electron chi connectivity index (χ1n) is 6.88. The Balaban J connectivity index is 2.68. The van der Waals surface area contributed by atoms with Crippen LogP contribution in [0.1, 0.15) is 43.2 Å². The molecular weight excluding hydrogens is 248 g/mol. The first-order chi connectivity index (χ1) is 9.18. The number of benzene rings is 1. The second-order valence-corrected chi connectivity index (χ2v) is 6.48. The molecule has 0 unspecified atom stereocenters. The Hall–Kier alpha value is -1.90. The van der Waals surface area contributed by atoms with E-state index in [9.17, 15) is 4.79 Å². The smallest absolute Gasteiger partial charge is 0.251 e. The number of hydrogen-bond acceptors (Lipinski definition) is 2. The first-order valence-corrected chi connectivity index (χ1v) is 6.88. The summed E-state index contributed by atoms with van der Waals surface area (Å²) >= 11 is 0. The highest BCUT2D eigenvalue weighted by atomic mass is 16.1. The molecule has 0 atom stereocenters. The van der Waals surface area contributed by atoms with Crippen molar-refractivity contribution in [2.24, 2.45) is 0 Å². The van der Waals surface area contributed by atoms with E-state index < -0.39 is 0 Å². The predicted molar refractivity (Wildman–Crippen MR) is 83.2 cm³/mol. The summed E-state index contributed by atoms with van der Waals surface area (Å²) in [6.45, 7) is 12.4. The summed E-state index contributed by atoms with van der Waals surface area (Å²) in [4.78, 5) is 19.4. The Morgan fingerprint density at radius 3 is 2.15 bits per heavy atom. The molecule has 2 rings (SSSR count). The maximum absolute atomic E-state index is 11.9. The molecule has 20 heavy (non-hydrogen) atoms. The third kappa shape index (κ3) is 2.82. The molecule has 1 aromatic carbocycles. The van der Waals surface area contributed by atoms with E-state index in [2.05, 4.69) is 56.7 Å². The summed E-state index contributed by atoms with van der Waals surface area (Å²) in [5, 5.41) is 0. The SMILES string of the molecule is Cc1cc(C)c(-c2nc(C(C)(C)C)cc(=O)[nH]2)cc1C. The Morgan fingerprint density at radius 2 is 1.55 bits per heavy atom. The zero-order valence-corrected chi connectivity index (χ0v) is 13.1. The standard InChI is InChI=1S/C17H22N2O/c1-10-7-12(3)13(8-11(10)2)16-18-14(17(4,5)6)9-15(20)19-16/h7-9H,1-6H3,(H,18,19,20). The van der Waals surface area contributed by atoms with Crippen molar-refractivity contribution in [3.8, 4) is 11.4 Å². The summed E-state index contributed by atoms with van der Waals surface area (Å²) in [7, 11) is 0. The van der Waals surface area contributed by atoms with Crippen LogP contribution in [0.25, 0.3) is 11.4 Å². The second kappa shape index (κ2) is 4.89. The van der Waals surface area contributed by atoms with Gasteiger partial charge in [-0.1, -0.05) is 26.8 Å². The molecule has 0 aliphatic carbocycles. The van der Waals surface area contributed by atoms with Crippen LogP contribution in [-0.4, -0.2) is 9.97 Å². The third-order valence-electron chi connectivity index (χ3n) is 3.61. The van der Waals surface area contributed by atoms with Crippen molar-refractivity contribution in [1.29, 1.82) is 0 Å². The van der Waals surface area contributed by atoms with Crippen LogP contribution in [0.5, 0.6) is 0 Å². The molecule has 3 heteroatoms. The fourth-order valence-electron chi connectivity index (χ4n) is 2.19. The van der Waals surface area contributed by atoms with Gasteiger partial charge in [0.2, 0.25) is 0 Å². The third-order valence-corrected chi connectivity index (χ3v) is 3.61. The van der Waals surface area contributed by atoms with Crippen molar-refractivity contribution in [2.45, 2.75) is 47.0 Å². The molecule has 0 bridgehead atoms. The number of aromatic nitrogens is 2. The lowest BCUT2D eigenvalue weighted by Gasteiger charge is -2.18. The quantitative estimate of drug-likeness (QED) is 0.859. The van der Waals surface area contributed by atoms with Gasteiger partial charge in [0.25, 0.3) is 5.56 Å². The van der Waals surface area contributed by atoms with Gasteiger partial charge in [-0.2, -0.15) is 0 Å². The normalized spacial score (nSPS) is 11.7. The van der Waals surface area contributed by atoms with Crippen molar-refractivity contribution in [3.05, 3.63) is 50.9 Å². The van der Waals surface area contributed by atoms with Crippen LogP contribution in [0.3, 0.4) is 0 Å². The van der Waals surface area contributed by atoms with E-state index in [1.165, 1.54) is 11.1 Å². The summed E-state index contributed by atoms with van der Waals surface area (Å²) in [5.74, 6) is 0.656. The van der Waals surface area contributed by atoms with E-state index in [0.29, 0.717) is 5.82 Å². The van der Waals surface area contributed by atoms with Gasteiger partial charge in [-0.3, -0.25) is 4.79 Å². The highest BCUT2D eigenvalue weighted by Crippen LogP contribution is 2.25. The van der Waals surface area contributed by atoms with Crippen molar-refractivity contribution < 1.29 is 0 Å². The van der Waals surface area contributed by atoms with Crippen LogP contribution in [0.15, 0.2) is 23.0 Å². The molecule has 1 N–H and O–H groups in total. The van der Waals surface area contributed by atoms with E-state index in [4.69, 9.17) is 0 Å². The molecular formula is C17H22N2O. The summed E-state index contributed by atoms with van der Waals surface area (Å²) in [6.07, 6.45) is 0. The Bertz CT molecular complexity index is 706. The fourth-order valence-corrected chi connectivity index (χ4v) is 2.19. The van der Waals surface area contributed by atoms with Crippen molar-refractivity contribution in [1.82, 2.24) is 9.97 Å².